The number of nitrogens with zero attached hydrogens (tertiary/aromatic N) is 4. The summed E-state index contributed by atoms with van der Waals surface area (Å²) < 4.78 is 23.4. The molecule has 0 bridgehead atoms. The van der Waals surface area contributed by atoms with E-state index in [2.05, 4.69) is 25.5 Å². The predicted molar refractivity (Wildman–Crippen MR) is 105 cm³/mol. The normalized spacial score (nSPS) is 16.8. The molecule has 2 heterocycles. The lowest BCUT2D eigenvalue weighted by Gasteiger charge is -2.26. The number of anilines is 3. The van der Waals surface area contributed by atoms with Crippen LogP contribution < -0.4 is 20.7 Å². The van der Waals surface area contributed by atoms with E-state index in [0.29, 0.717) is 12.4 Å². The van der Waals surface area contributed by atoms with Gasteiger partial charge in [0.05, 0.1) is 4.92 Å². The van der Waals surface area contributed by atoms with E-state index in [0.717, 1.165) is 31.3 Å². The zero-order chi connectivity index (χ0) is 20.3. The molecule has 2 aromatic rings. The number of aromatic nitrogens is 2. The molecule has 1 aromatic heterocycles. The molecule has 11 nitrogen and oxygen atoms in total. The van der Waals surface area contributed by atoms with Crippen molar-refractivity contribution >= 4 is 33.0 Å². The Hall–Kier alpha value is -2.99. The van der Waals surface area contributed by atoms with Gasteiger partial charge in [-0.2, -0.15) is 0 Å². The van der Waals surface area contributed by atoms with Crippen molar-refractivity contribution in [1.29, 1.82) is 0 Å². The monoisotopic (exact) mass is 407 g/mol. The summed E-state index contributed by atoms with van der Waals surface area (Å²) in [5.74, 6) is 1.46. The Balaban J connectivity index is 1.82. The molecule has 3 rings (SSSR count). The van der Waals surface area contributed by atoms with Crippen molar-refractivity contribution in [3.8, 4) is 0 Å². The van der Waals surface area contributed by atoms with Gasteiger partial charge in [-0.25, -0.2) is 23.5 Å². The highest BCUT2D eigenvalue weighted by Gasteiger charge is 2.29. The topological polar surface area (TPSA) is 156 Å². The summed E-state index contributed by atoms with van der Waals surface area (Å²) in [7, 11) is -2.45. The van der Waals surface area contributed by atoms with Gasteiger partial charge in [-0.15, -0.1) is 0 Å². The minimum Gasteiger partial charge on any atom is -0.377 e. The predicted octanol–water partition coefficient (Wildman–Crippen LogP) is 1.15. The van der Waals surface area contributed by atoms with Crippen LogP contribution >= 0.6 is 0 Å². The third-order valence-electron chi connectivity index (χ3n) is 4.60. The Bertz CT molecular complexity index is 983. The van der Waals surface area contributed by atoms with Gasteiger partial charge in [0.1, 0.15) is 23.7 Å². The molecular formula is C16H21N7O4S. The first kappa shape index (κ1) is 19.8. The molecule has 1 aromatic carbocycles. The SMILES string of the molecule is CNc1cc(N2CCC[C@H]2CNc2cccc(S(N)(=O)=O)c2[N+](=O)[O-])ncn1. The van der Waals surface area contributed by atoms with E-state index >= 15 is 0 Å². The second-order valence-electron chi connectivity index (χ2n) is 6.34. The number of rotatable bonds is 7. The van der Waals surface area contributed by atoms with Crippen LogP contribution in [0.5, 0.6) is 0 Å². The molecule has 1 aliphatic rings. The zero-order valence-electron chi connectivity index (χ0n) is 15.2. The van der Waals surface area contributed by atoms with Crippen LogP contribution in [0.1, 0.15) is 12.8 Å². The van der Waals surface area contributed by atoms with Crippen LogP contribution in [0.4, 0.5) is 23.0 Å². The third-order valence-corrected chi connectivity index (χ3v) is 5.54. The molecule has 0 saturated carbocycles. The zero-order valence-corrected chi connectivity index (χ0v) is 16.0. The highest BCUT2D eigenvalue weighted by Crippen LogP contribution is 2.32. The summed E-state index contributed by atoms with van der Waals surface area (Å²) in [6.07, 6.45) is 3.30. The molecule has 12 heteroatoms. The maximum absolute atomic E-state index is 11.7. The van der Waals surface area contributed by atoms with Gasteiger partial charge in [0, 0.05) is 32.2 Å². The summed E-state index contributed by atoms with van der Waals surface area (Å²) in [6, 6.07) is 5.89. The van der Waals surface area contributed by atoms with Gasteiger partial charge in [0.15, 0.2) is 4.90 Å². The van der Waals surface area contributed by atoms with E-state index in [-0.39, 0.29) is 11.7 Å². The molecule has 1 aliphatic heterocycles. The van der Waals surface area contributed by atoms with Crippen molar-refractivity contribution < 1.29 is 13.3 Å². The summed E-state index contributed by atoms with van der Waals surface area (Å²) in [5, 5.41) is 22.6. The Morgan fingerprint density at radius 1 is 1.39 bits per heavy atom. The number of hydrogen-bond acceptors (Lipinski definition) is 9. The van der Waals surface area contributed by atoms with Gasteiger partial charge in [0.2, 0.25) is 10.0 Å². The van der Waals surface area contributed by atoms with Crippen molar-refractivity contribution in [3.05, 3.63) is 40.7 Å². The van der Waals surface area contributed by atoms with E-state index < -0.39 is 25.5 Å². The Labute approximate surface area is 162 Å². The first-order valence-electron chi connectivity index (χ1n) is 8.61. The number of nitrogens with two attached hydrogens (primary N) is 1. The summed E-state index contributed by atoms with van der Waals surface area (Å²) in [6.45, 7) is 1.18. The maximum Gasteiger partial charge on any atom is 0.312 e. The molecule has 150 valence electrons. The van der Waals surface area contributed by atoms with Crippen LogP contribution in [0.3, 0.4) is 0 Å². The van der Waals surface area contributed by atoms with Gasteiger partial charge >= 0.3 is 5.69 Å². The molecule has 0 radical (unpaired) electrons. The molecule has 0 unspecified atom stereocenters. The van der Waals surface area contributed by atoms with E-state index in [9.17, 15) is 18.5 Å². The van der Waals surface area contributed by atoms with Crippen LogP contribution in [-0.4, -0.2) is 49.5 Å². The number of hydrogen-bond donors (Lipinski definition) is 3. The average molecular weight is 407 g/mol. The number of nitrogens with one attached hydrogen (secondary N) is 2. The molecule has 0 amide bonds. The fraction of sp³-hybridized carbons (Fsp3) is 0.375. The lowest BCUT2D eigenvalue weighted by molar-refractivity contribution is -0.386. The average Bonchev–Trinajstić information content (AvgIpc) is 3.14. The molecular weight excluding hydrogens is 386 g/mol. The summed E-state index contributed by atoms with van der Waals surface area (Å²) >= 11 is 0. The second-order valence-corrected chi connectivity index (χ2v) is 7.87. The van der Waals surface area contributed by atoms with Crippen molar-refractivity contribution in [2.75, 3.05) is 35.7 Å². The molecule has 1 fully saturated rings. The smallest absolute Gasteiger partial charge is 0.312 e. The molecule has 4 N–H and O–H groups in total. The van der Waals surface area contributed by atoms with Crippen molar-refractivity contribution in [3.63, 3.8) is 0 Å². The summed E-state index contributed by atoms with van der Waals surface area (Å²) in [4.78, 5) is 20.7. The quantitative estimate of drug-likeness (QED) is 0.452. The van der Waals surface area contributed by atoms with Crippen LogP contribution in [0.25, 0.3) is 0 Å². The molecule has 0 spiro atoms. The Morgan fingerprint density at radius 3 is 2.86 bits per heavy atom. The number of nitro benzene ring substituents is 1. The fourth-order valence-electron chi connectivity index (χ4n) is 3.30. The van der Waals surface area contributed by atoms with Crippen LogP contribution in [-0.2, 0) is 10.0 Å². The van der Waals surface area contributed by atoms with E-state index in [1.54, 1.807) is 7.05 Å². The van der Waals surface area contributed by atoms with Crippen LogP contribution in [0, 0.1) is 10.1 Å². The van der Waals surface area contributed by atoms with Gasteiger partial charge in [0.25, 0.3) is 0 Å². The number of benzene rings is 1. The number of sulfonamides is 1. The van der Waals surface area contributed by atoms with Gasteiger partial charge in [-0.1, -0.05) is 6.07 Å². The largest absolute Gasteiger partial charge is 0.377 e. The fourth-order valence-corrected chi connectivity index (χ4v) is 4.02. The number of nitro groups is 1. The van der Waals surface area contributed by atoms with Crippen LogP contribution in [0.15, 0.2) is 35.5 Å². The second kappa shape index (κ2) is 7.94. The molecule has 1 atom stereocenters. The van der Waals surface area contributed by atoms with Crippen LogP contribution in [0.2, 0.25) is 0 Å². The minimum absolute atomic E-state index is 0.0392. The number of primary sulfonamides is 1. The van der Waals surface area contributed by atoms with E-state index in [1.165, 1.54) is 18.5 Å². The van der Waals surface area contributed by atoms with Crippen molar-refractivity contribution in [1.82, 2.24) is 9.97 Å². The minimum atomic E-state index is -4.22. The highest BCUT2D eigenvalue weighted by molar-refractivity contribution is 7.89. The Morgan fingerprint density at radius 2 is 2.18 bits per heavy atom. The highest BCUT2D eigenvalue weighted by atomic mass is 32.2. The molecule has 1 saturated heterocycles. The van der Waals surface area contributed by atoms with Crippen molar-refractivity contribution in [2.24, 2.45) is 5.14 Å². The van der Waals surface area contributed by atoms with E-state index in [1.807, 2.05) is 6.07 Å². The van der Waals surface area contributed by atoms with Gasteiger partial charge in [-0.3, -0.25) is 10.1 Å². The van der Waals surface area contributed by atoms with Gasteiger partial charge < -0.3 is 15.5 Å². The third kappa shape index (κ3) is 4.12. The first-order chi connectivity index (χ1) is 13.3. The molecule has 0 aliphatic carbocycles. The van der Waals surface area contributed by atoms with E-state index in [4.69, 9.17) is 5.14 Å². The lowest BCUT2D eigenvalue weighted by Crippen LogP contribution is -2.35. The first-order valence-corrected chi connectivity index (χ1v) is 10.2. The maximum atomic E-state index is 11.7. The standard InChI is InChI=1S/C16H21N7O4S/c1-18-14-8-15(21-10-20-14)22-7-3-4-11(22)9-19-12-5-2-6-13(28(17,26)27)16(12)23(24)25/h2,5-6,8,10-11,19H,3-4,7,9H2,1H3,(H2,17,26,27)(H,18,20,21)/t11-/m0/s1. The lowest BCUT2D eigenvalue weighted by atomic mass is 10.2. The van der Waals surface area contributed by atoms with Crippen molar-refractivity contribution in [2.45, 2.75) is 23.8 Å². The number of para-hydroxylation sites is 1. The summed E-state index contributed by atoms with van der Waals surface area (Å²) in [5.41, 5.74) is -0.434. The Kier molecular flexibility index (Phi) is 5.61. The molecule has 28 heavy (non-hydrogen) atoms. The van der Waals surface area contributed by atoms with Gasteiger partial charge in [-0.05, 0) is 25.0 Å².